The highest BCUT2D eigenvalue weighted by Crippen LogP contribution is 2.39. The van der Waals surface area contributed by atoms with E-state index in [1.54, 1.807) is 6.07 Å². The molecule has 5 nitrogen and oxygen atoms in total. The summed E-state index contributed by atoms with van der Waals surface area (Å²) < 4.78 is 4.98. The Morgan fingerprint density at radius 1 is 1.30 bits per heavy atom. The number of aryl methyl sites for hydroxylation is 1. The molecule has 1 amide bonds. The topological polar surface area (TPSA) is 58.4 Å². The van der Waals surface area contributed by atoms with Crippen LogP contribution in [0.15, 0.2) is 10.6 Å². The van der Waals surface area contributed by atoms with Crippen LogP contribution in [0.5, 0.6) is 0 Å². The van der Waals surface area contributed by atoms with Crippen LogP contribution < -0.4 is 5.32 Å². The molecule has 1 aromatic heterocycles. The Bertz CT molecular complexity index is 459. The van der Waals surface area contributed by atoms with Gasteiger partial charge in [-0.3, -0.25) is 4.79 Å². The molecule has 3 rings (SSSR count). The number of nitrogens with one attached hydrogen (secondary N) is 1. The Kier molecular flexibility index (Phi) is 4.70. The predicted octanol–water partition coefficient (Wildman–Crippen LogP) is 2.01. The molecule has 2 saturated heterocycles. The number of likely N-dealkylation sites (tertiary alicyclic amines) is 1. The molecule has 0 aliphatic carbocycles. The van der Waals surface area contributed by atoms with Crippen molar-refractivity contribution in [1.29, 1.82) is 0 Å². The zero-order valence-corrected chi connectivity index (χ0v) is 12.7. The maximum Gasteiger partial charge on any atom is 0.276 e. The highest BCUT2D eigenvalue weighted by molar-refractivity contribution is 5.92. The smallest absolute Gasteiger partial charge is 0.276 e. The largest absolute Gasteiger partial charge is 0.361 e. The van der Waals surface area contributed by atoms with Gasteiger partial charge in [0.15, 0.2) is 5.69 Å². The minimum Gasteiger partial charge on any atom is -0.361 e. The minimum absolute atomic E-state index is 0. The second-order valence-electron chi connectivity index (χ2n) is 5.87. The summed E-state index contributed by atoms with van der Waals surface area (Å²) in [7, 11) is 0. The Hall–Kier alpha value is -1.07. The van der Waals surface area contributed by atoms with Gasteiger partial charge in [0.2, 0.25) is 0 Å². The lowest BCUT2D eigenvalue weighted by atomic mass is 9.71. The SMILES string of the molecule is Cc1cc(C(=O)N2CCC3(CCNCC3)CC2)no1.Cl. The fourth-order valence-electron chi connectivity index (χ4n) is 3.27. The fourth-order valence-corrected chi connectivity index (χ4v) is 3.27. The van der Waals surface area contributed by atoms with Crippen molar-refractivity contribution >= 4 is 18.3 Å². The maximum absolute atomic E-state index is 12.3. The fraction of sp³-hybridized carbons (Fsp3) is 0.714. The molecule has 6 heteroatoms. The Morgan fingerprint density at radius 3 is 2.50 bits per heavy atom. The molecule has 0 saturated carbocycles. The third-order valence-electron chi connectivity index (χ3n) is 4.62. The van der Waals surface area contributed by atoms with Crippen LogP contribution in [0.1, 0.15) is 41.9 Å². The first kappa shape index (κ1) is 15.3. The van der Waals surface area contributed by atoms with Gasteiger partial charge in [-0.25, -0.2) is 0 Å². The lowest BCUT2D eigenvalue weighted by Crippen LogP contribution is -2.47. The number of carbonyl (C=O) groups excluding carboxylic acids is 1. The van der Waals surface area contributed by atoms with Gasteiger partial charge in [0, 0.05) is 19.2 Å². The molecule has 0 radical (unpaired) electrons. The van der Waals surface area contributed by atoms with Crippen molar-refractivity contribution in [2.45, 2.75) is 32.6 Å². The summed E-state index contributed by atoms with van der Waals surface area (Å²) in [5.74, 6) is 0.704. The van der Waals surface area contributed by atoms with E-state index in [1.165, 1.54) is 12.8 Å². The molecule has 20 heavy (non-hydrogen) atoms. The van der Waals surface area contributed by atoms with E-state index in [1.807, 2.05) is 11.8 Å². The number of piperidine rings is 2. The van der Waals surface area contributed by atoms with Crippen molar-refractivity contribution in [2.24, 2.45) is 5.41 Å². The second kappa shape index (κ2) is 6.14. The van der Waals surface area contributed by atoms with E-state index in [0.29, 0.717) is 16.9 Å². The number of nitrogens with zero attached hydrogens (tertiary/aromatic N) is 2. The number of carbonyl (C=O) groups is 1. The van der Waals surface area contributed by atoms with E-state index in [0.717, 1.165) is 39.0 Å². The first-order valence-corrected chi connectivity index (χ1v) is 7.12. The molecule has 112 valence electrons. The average Bonchev–Trinajstić information content (AvgIpc) is 2.87. The van der Waals surface area contributed by atoms with Gasteiger partial charge < -0.3 is 14.7 Å². The highest BCUT2D eigenvalue weighted by Gasteiger charge is 2.37. The van der Waals surface area contributed by atoms with Crippen molar-refractivity contribution < 1.29 is 9.32 Å². The van der Waals surface area contributed by atoms with Gasteiger partial charge in [-0.1, -0.05) is 5.16 Å². The van der Waals surface area contributed by atoms with Crippen molar-refractivity contribution in [3.8, 4) is 0 Å². The van der Waals surface area contributed by atoms with Crippen LogP contribution in [0.3, 0.4) is 0 Å². The normalized spacial score (nSPS) is 21.6. The monoisotopic (exact) mass is 299 g/mol. The Labute approximate surface area is 125 Å². The molecular weight excluding hydrogens is 278 g/mol. The average molecular weight is 300 g/mol. The lowest BCUT2D eigenvalue weighted by Gasteiger charge is -2.44. The van der Waals surface area contributed by atoms with E-state index in [9.17, 15) is 4.79 Å². The molecule has 1 aromatic rings. The van der Waals surface area contributed by atoms with Gasteiger partial charge in [-0.05, 0) is 51.1 Å². The van der Waals surface area contributed by atoms with Crippen LogP contribution in [-0.4, -0.2) is 42.1 Å². The van der Waals surface area contributed by atoms with E-state index < -0.39 is 0 Å². The van der Waals surface area contributed by atoms with Gasteiger partial charge in [0.25, 0.3) is 5.91 Å². The molecule has 0 unspecified atom stereocenters. The zero-order valence-electron chi connectivity index (χ0n) is 11.9. The molecule has 1 N–H and O–H groups in total. The molecule has 0 bridgehead atoms. The number of aromatic nitrogens is 1. The molecule has 2 fully saturated rings. The quantitative estimate of drug-likeness (QED) is 0.862. The molecule has 2 aliphatic heterocycles. The summed E-state index contributed by atoms with van der Waals surface area (Å²) in [5, 5.41) is 7.23. The predicted molar refractivity (Wildman–Crippen MR) is 78.2 cm³/mol. The van der Waals surface area contributed by atoms with Crippen molar-refractivity contribution in [2.75, 3.05) is 26.2 Å². The summed E-state index contributed by atoms with van der Waals surface area (Å²) in [6.45, 7) is 5.76. The van der Waals surface area contributed by atoms with E-state index in [2.05, 4.69) is 10.5 Å². The van der Waals surface area contributed by atoms with Gasteiger partial charge in [0.1, 0.15) is 5.76 Å². The van der Waals surface area contributed by atoms with Crippen LogP contribution in [0.25, 0.3) is 0 Å². The van der Waals surface area contributed by atoms with Crippen LogP contribution in [0, 0.1) is 12.3 Å². The third-order valence-corrected chi connectivity index (χ3v) is 4.62. The summed E-state index contributed by atoms with van der Waals surface area (Å²) in [6, 6.07) is 1.72. The zero-order chi connectivity index (χ0) is 13.3. The molecular formula is C14H22ClN3O2. The molecule has 2 aliphatic rings. The number of hydrogen-bond donors (Lipinski definition) is 1. The van der Waals surface area contributed by atoms with E-state index in [4.69, 9.17) is 4.52 Å². The number of hydrogen-bond acceptors (Lipinski definition) is 4. The maximum atomic E-state index is 12.3. The number of rotatable bonds is 1. The van der Waals surface area contributed by atoms with Gasteiger partial charge in [0.05, 0.1) is 0 Å². The van der Waals surface area contributed by atoms with Crippen molar-refractivity contribution in [3.63, 3.8) is 0 Å². The molecule has 3 heterocycles. The van der Waals surface area contributed by atoms with E-state index >= 15 is 0 Å². The molecule has 1 spiro atoms. The van der Waals surface area contributed by atoms with Gasteiger partial charge in [-0.2, -0.15) is 0 Å². The Morgan fingerprint density at radius 2 is 1.95 bits per heavy atom. The van der Waals surface area contributed by atoms with Crippen LogP contribution in [-0.2, 0) is 0 Å². The molecule has 0 atom stereocenters. The third kappa shape index (κ3) is 2.99. The van der Waals surface area contributed by atoms with E-state index in [-0.39, 0.29) is 18.3 Å². The number of amides is 1. The standard InChI is InChI=1S/C14H21N3O2.ClH/c1-11-10-12(16-19-11)13(18)17-8-4-14(5-9-17)2-6-15-7-3-14;/h10,15H,2-9H2,1H3;1H. The second-order valence-corrected chi connectivity index (χ2v) is 5.87. The van der Waals surface area contributed by atoms with Crippen molar-refractivity contribution in [3.05, 3.63) is 17.5 Å². The lowest BCUT2D eigenvalue weighted by molar-refractivity contribution is 0.0487. The summed E-state index contributed by atoms with van der Waals surface area (Å²) in [4.78, 5) is 14.2. The molecule has 0 aromatic carbocycles. The summed E-state index contributed by atoms with van der Waals surface area (Å²) in [5.41, 5.74) is 0.917. The number of halogens is 1. The highest BCUT2D eigenvalue weighted by atomic mass is 35.5. The van der Waals surface area contributed by atoms with Crippen molar-refractivity contribution in [1.82, 2.24) is 15.4 Å². The summed E-state index contributed by atoms with van der Waals surface area (Å²) in [6.07, 6.45) is 4.74. The van der Waals surface area contributed by atoms with Crippen LogP contribution in [0.2, 0.25) is 0 Å². The summed E-state index contributed by atoms with van der Waals surface area (Å²) >= 11 is 0. The first-order valence-electron chi connectivity index (χ1n) is 7.12. The van der Waals surface area contributed by atoms with Crippen LogP contribution in [0.4, 0.5) is 0 Å². The first-order chi connectivity index (χ1) is 9.19. The Balaban J connectivity index is 0.00000147. The minimum atomic E-state index is 0. The van der Waals surface area contributed by atoms with Crippen LogP contribution >= 0.6 is 12.4 Å². The van der Waals surface area contributed by atoms with Gasteiger partial charge in [-0.15, -0.1) is 12.4 Å². The van der Waals surface area contributed by atoms with Gasteiger partial charge >= 0.3 is 0 Å².